The standard InChI is InChI=1S/C12H12F3N3O5/c1-5(11(20)21)17(2)10(19)7-3-6(12(13,14)15)4-8(9(7)16)18(22)23/h3-5H,16H2,1-2H3,(H,20,21). The fourth-order valence-corrected chi connectivity index (χ4v) is 1.66. The number of carboxylic acids is 1. The monoisotopic (exact) mass is 335 g/mol. The summed E-state index contributed by atoms with van der Waals surface area (Å²) in [6.45, 7) is 1.12. The van der Waals surface area contributed by atoms with Gasteiger partial charge in [0.15, 0.2) is 0 Å². The summed E-state index contributed by atoms with van der Waals surface area (Å²) in [5.74, 6) is -2.58. The lowest BCUT2D eigenvalue weighted by Gasteiger charge is -2.22. The molecular formula is C12H12F3N3O5. The Morgan fingerprint density at radius 1 is 1.39 bits per heavy atom. The zero-order valence-electron chi connectivity index (χ0n) is 11.9. The number of carboxylic acid groups (broad SMARTS) is 1. The number of likely N-dealkylation sites (N-methyl/N-ethyl adjacent to an activating group) is 1. The van der Waals surface area contributed by atoms with Crippen LogP contribution in [0.3, 0.4) is 0 Å². The first-order valence-electron chi connectivity index (χ1n) is 6.03. The zero-order valence-corrected chi connectivity index (χ0v) is 11.9. The van der Waals surface area contributed by atoms with Crippen molar-refractivity contribution < 1.29 is 32.8 Å². The maximum Gasteiger partial charge on any atom is 0.416 e. The van der Waals surface area contributed by atoms with Gasteiger partial charge in [-0.25, -0.2) is 4.79 Å². The van der Waals surface area contributed by atoms with E-state index in [0.29, 0.717) is 11.0 Å². The minimum Gasteiger partial charge on any atom is -0.480 e. The van der Waals surface area contributed by atoms with E-state index in [9.17, 15) is 32.9 Å². The van der Waals surface area contributed by atoms with Crippen LogP contribution < -0.4 is 5.73 Å². The van der Waals surface area contributed by atoms with Gasteiger partial charge in [0.2, 0.25) is 0 Å². The third kappa shape index (κ3) is 3.67. The number of nitrogens with zero attached hydrogens (tertiary/aromatic N) is 2. The molecule has 126 valence electrons. The normalized spacial score (nSPS) is 12.6. The Hall–Kier alpha value is -2.85. The first kappa shape index (κ1) is 18.2. The largest absolute Gasteiger partial charge is 0.480 e. The number of nitrogen functional groups attached to an aromatic ring is 1. The fourth-order valence-electron chi connectivity index (χ4n) is 1.66. The SMILES string of the molecule is CC(C(=O)O)N(C)C(=O)c1cc(C(F)(F)F)cc([N+](=O)[O-])c1N. The summed E-state index contributed by atoms with van der Waals surface area (Å²) in [7, 11) is 1.03. The van der Waals surface area contributed by atoms with E-state index in [1.54, 1.807) is 0 Å². The fraction of sp³-hybridized carbons (Fsp3) is 0.333. The van der Waals surface area contributed by atoms with E-state index in [0.717, 1.165) is 14.0 Å². The van der Waals surface area contributed by atoms with Crippen LogP contribution in [0.4, 0.5) is 24.5 Å². The number of nitro groups is 1. The number of carbonyl (C=O) groups excluding carboxylic acids is 1. The number of hydrogen-bond donors (Lipinski definition) is 2. The molecule has 0 radical (unpaired) electrons. The second kappa shape index (κ2) is 6.10. The Labute approximate surface area is 127 Å². The Kier molecular flexibility index (Phi) is 4.83. The molecule has 0 aliphatic rings. The molecule has 1 amide bonds. The number of hydrogen-bond acceptors (Lipinski definition) is 5. The molecule has 0 aromatic heterocycles. The van der Waals surface area contributed by atoms with E-state index in [4.69, 9.17) is 10.8 Å². The molecule has 23 heavy (non-hydrogen) atoms. The van der Waals surface area contributed by atoms with Crippen molar-refractivity contribution >= 4 is 23.3 Å². The predicted molar refractivity (Wildman–Crippen MR) is 71.7 cm³/mol. The predicted octanol–water partition coefficient (Wildman–Crippen LogP) is 1.74. The highest BCUT2D eigenvalue weighted by Gasteiger charge is 2.36. The lowest BCUT2D eigenvalue weighted by molar-refractivity contribution is -0.384. The van der Waals surface area contributed by atoms with Crippen LogP contribution in [-0.4, -0.2) is 39.9 Å². The summed E-state index contributed by atoms with van der Waals surface area (Å²) in [5.41, 5.74) is 1.34. The average Bonchev–Trinajstić information content (AvgIpc) is 2.43. The molecule has 11 heteroatoms. The summed E-state index contributed by atoms with van der Waals surface area (Å²) in [6, 6.07) is -0.793. The number of aliphatic carboxylic acids is 1. The smallest absolute Gasteiger partial charge is 0.416 e. The van der Waals surface area contributed by atoms with Gasteiger partial charge in [-0.1, -0.05) is 0 Å². The molecule has 0 aliphatic carbocycles. The number of carbonyl (C=O) groups is 2. The van der Waals surface area contributed by atoms with E-state index in [1.807, 2.05) is 0 Å². The molecular weight excluding hydrogens is 323 g/mol. The number of alkyl halides is 3. The van der Waals surface area contributed by atoms with Gasteiger partial charge in [-0.15, -0.1) is 0 Å². The van der Waals surface area contributed by atoms with Crippen LogP contribution in [0.15, 0.2) is 12.1 Å². The second-order valence-corrected chi connectivity index (χ2v) is 4.64. The van der Waals surface area contributed by atoms with Gasteiger partial charge >= 0.3 is 12.1 Å². The number of amides is 1. The van der Waals surface area contributed by atoms with Crippen molar-refractivity contribution in [2.45, 2.75) is 19.1 Å². The van der Waals surface area contributed by atoms with Crippen LogP contribution in [0.25, 0.3) is 0 Å². The van der Waals surface area contributed by atoms with E-state index >= 15 is 0 Å². The van der Waals surface area contributed by atoms with Crippen LogP contribution in [-0.2, 0) is 11.0 Å². The molecule has 1 aromatic carbocycles. The Balaban J connectivity index is 3.51. The molecule has 0 heterocycles. The summed E-state index contributed by atoms with van der Waals surface area (Å²) in [5, 5.41) is 19.7. The highest BCUT2D eigenvalue weighted by atomic mass is 19.4. The third-order valence-electron chi connectivity index (χ3n) is 3.17. The summed E-state index contributed by atoms with van der Waals surface area (Å²) in [6.07, 6.45) is -4.94. The molecule has 1 aromatic rings. The zero-order chi connectivity index (χ0) is 18.1. The van der Waals surface area contributed by atoms with Crippen LogP contribution in [0, 0.1) is 10.1 Å². The lowest BCUT2D eigenvalue weighted by atomic mass is 10.0. The number of anilines is 1. The average molecular weight is 335 g/mol. The van der Waals surface area contributed by atoms with E-state index in [-0.39, 0.29) is 6.07 Å². The van der Waals surface area contributed by atoms with Crippen molar-refractivity contribution in [3.05, 3.63) is 33.4 Å². The van der Waals surface area contributed by atoms with Gasteiger partial charge in [-0.2, -0.15) is 13.2 Å². The number of nitro benzene ring substituents is 1. The summed E-state index contributed by atoms with van der Waals surface area (Å²) < 4.78 is 38.4. The molecule has 0 saturated carbocycles. The van der Waals surface area contributed by atoms with E-state index in [2.05, 4.69) is 0 Å². The van der Waals surface area contributed by atoms with Gasteiger partial charge in [0.05, 0.1) is 16.1 Å². The van der Waals surface area contributed by atoms with Gasteiger partial charge in [0, 0.05) is 13.1 Å². The lowest BCUT2D eigenvalue weighted by Crippen LogP contribution is -2.40. The quantitative estimate of drug-likeness (QED) is 0.490. The molecule has 8 nitrogen and oxygen atoms in total. The van der Waals surface area contributed by atoms with Crippen molar-refractivity contribution in [1.82, 2.24) is 4.90 Å². The molecule has 1 unspecified atom stereocenters. The van der Waals surface area contributed by atoms with Crippen LogP contribution in [0.5, 0.6) is 0 Å². The highest BCUT2D eigenvalue weighted by Crippen LogP contribution is 2.36. The van der Waals surface area contributed by atoms with Gasteiger partial charge in [0.1, 0.15) is 11.7 Å². The molecule has 3 N–H and O–H groups in total. The molecule has 0 saturated heterocycles. The number of halogens is 3. The van der Waals surface area contributed by atoms with E-state index in [1.165, 1.54) is 0 Å². The maximum absolute atomic E-state index is 12.8. The van der Waals surface area contributed by atoms with Gasteiger partial charge < -0.3 is 15.7 Å². The summed E-state index contributed by atoms with van der Waals surface area (Å²) >= 11 is 0. The van der Waals surface area contributed by atoms with Crippen molar-refractivity contribution in [1.29, 1.82) is 0 Å². The molecule has 1 atom stereocenters. The van der Waals surface area contributed by atoms with Crippen LogP contribution in [0.1, 0.15) is 22.8 Å². The minimum absolute atomic E-state index is 0.215. The maximum atomic E-state index is 12.8. The first-order valence-corrected chi connectivity index (χ1v) is 6.03. The summed E-state index contributed by atoms with van der Waals surface area (Å²) in [4.78, 5) is 33.3. The van der Waals surface area contributed by atoms with Crippen molar-refractivity contribution in [3.8, 4) is 0 Å². The number of nitrogens with two attached hydrogens (primary N) is 1. The minimum atomic E-state index is -4.94. The van der Waals surface area contributed by atoms with Gasteiger partial charge in [-0.3, -0.25) is 14.9 Å². The van der Waals surface area contributed by atoms with Crippen molar-refractivity contribution in [2.75, 3.05) is 12.8 Å². The number of benzene rings is 1. The van der Waals surface area contributed by atoms with Gasteiger partial charge in [0.25, 0.3) is 11.6 Å². The van der Waals surface area contributed by atoms with Crippen LogP contribution >= 0.6 is 0 Å². The van der Waals surface area contributed by atoms with E-state index < -0.39 is 51.5 Å². The first-order chi connectivity index (χ1) is 10.4. The Morgan fingerprint density at radius 3 is 2.30 bits per heavy atom. The Bertz CT molecular complexity index is 675. The third-order valence-corrected chi connectivity index (χ3v) is 3.17. The molecule has 0 aliphatic heterocycles. The Morgan fingerprint density at radius 2 is 1.91 bits per heavy atom. The topological polar surface area (TPSA) is 127 Å². The van der Waals surface area contributed by atoms with Gasteiger partial charge in [-0.05, 0) is 13.0 Å². The van der Waals surface area contributed by atoms with Crippen molar-refractivity contribution in [2.24, 2.45) is 0 Å². The molecule has 0 fully saturated rings. The highest BCUT2D eigenvalue weighted by molar-refractivity contribution is 6.02. The molecule has 0 spiro atoms. The molecule has 1 rings (SSSR count). The second-order valence-electron chi connectivity index (χ2n) is 4.64. The van der Waals surface area contributed by atoms with Crippen LogP contribution in [0.2, 0.25) is 0 Å². The number of rotatable bonds is 4. The van der Waals surface area contributed by atoms with Crippen molar-refractivity contribution in [3.63, 3.8) is 0 Å². The molecule has 0 bridgehead atoms.